The van der Waals surface area contributed by atoms with Crippen LogP contribution in [0, 0.1) is 0 Å². The number of sulfonamides is 1. The van der Waals surface area contributed by atoms with Crippen LogP contribution >= 0.6 is 0 Å². The second-order valence-corrected chi connectivity index (χ2v) is 9.95. The fourth-order valence-electron chi connectivity index (χ4n) is 3.36. The molecule has 3 rings (SSSR count). The van der Waals surface area contributed by atoms with Crippen molar-refractivity contribution in [2.24, 2.45) is 9.98 Å². The summed E-state index contributed by atoms with van der Waals surface area (Å²) in [5.41, 5.74) is 0.688. The van der Waals surface area contributed by atoms with E-state index in [-0.39, 0.29) is 24.0 Å². The van der Waals surface area contributed by atoms with Gasteiger partial charge in [-0.15, -0.1) is 10.2 Å². The molecule has 2 aromatic heterocycles. The van der Waals surface area contributed by atoms with Crippen LogP contribution in [0.3, 0.4) is 0 Å². The molecule has 12 nitrogen and oxygen atoms in total. The highest BCUT2D eigenvalue weighted by Gasteiger charge is 2.29. The summed E-state index contributed by atoms with van der Waals surface area (Å²) >= 11 is 0. The molecule has 1 aromatic carbocycles. The number of aliphatic imine (C=N–C) groups is 2. The molecule has 0 radical (unpaired) electrons. The first kappa shape index (κ1) is 28.2. The van der Waals surface area contributed by atoms with Crippen molar-refractivity contribution >= 4 is 28.5 Å². The van der Waals surface area contributed by atoms with Crippen LogP contribution in [0.4, 0.5) is 10.3 Å². The summed E-state index contributed by atoms with van der Waals surface area (Å²) in [6, 6.07) is 8.37. The second kappa shape index (κ2) is 12.3. The summed E-state index contributed by atoms with van der Waals surface area (Å²) in [6.45, 7) is 6.04. The van der Waals surface area contributed by atoms with Gasteiger partial charge in [-0.3, -0.25) is 14.3 Å². The maximum Gasteiger partial charge on any atom is 0.243 e. The maximum atomic E-state index is 13.3. The van der Waals surface area contributed by atoms with Crippen LogP contribution in [0.15, 0.2) is 58.5 Å². The predicted octanol–water partition coefficient (Wildman–Crippen LogP) is 3.81. The molecule has 0 bridgehead atoms. The zero-order valence-corrected chi connectivity index (χ0v) is 22.4. The highest BCUT2D eigenvalue weighted by atomic mass is 32.2. The van der Waals surface area contributed by atoms with Gasteiger partial charge in [0.15, 0.2) is 5.82 Å². The predicted molar refractivity (Wildman–Crippen MR) is 143 cm³/mol. The molecule has 0 aliphatic heterocycles. The number of rotatable bonds is 11. The summed E-state index contributed by atoms with van der Waals surface area (Å²) in [4.78, 5) is 11.9. The molecule has 3 aromatic rings. The van der Waals surface area contributed by atoms with Gasteiger partial charge in [0.05, 0.1) is 32.8 Å². The van der Waals surface area contributed by atoms with Crippen molar-refractivity contribution in [3.63, 3.8) is 0 Å². The Morgan fingerprint density at radius 1 is 1.18 bits per heavy atom. The molecule has 0 unspecified atom stereocenters. The molecule has 0 amide bonds. The van der Waals surface area contributed by atoms with Gasteiger partial charge in [-0.1, -0.05) is 6.07 Å². The monoisotopic (exact) mass is 545 g/mol. The highest BCUT2D eigenvalue weighted by molar-refractivity contribution is 7.93. The first-order valence-electron chi connectivity index (χ1n) is 11.2. The third-order valence-corrected chi connectivity index (χ3v) is 6.99. The molecule has 0 fully saturated rings. The van der Waals surface area contributed by atoms with Crippen LogP contribution in [-0.4, -0.2) is 67.3 Å². The molecule has 2 heterocycles. The standard InChI is InChI=1S/C24H28FN7O5S/c1-15(25)14-28-21(26-3)12-16(2)38(33,34)31-24-30-29-23(18-13-17(35-4)10-11-27-18)32(24)22-19(36-5)8-7-9-20(22)37-6/h7-11,13-14,16H,3,12H2,1-2,4-6H3,(H,30,31)/b15-14+,28-21-/t16-/m1/s1. The number of methoxy groups -OCH3 is 3. The number of nitrogens with zero attached hydrogens (tertiary/aromatic N) is 6. The summed E-state index contributed by atoms with van der Waals surface area (Å²) in [6.07, 6.45) is 2.32. The number of hydrogen-bond donors (Lipinski definition) is 1. The minimum atomic E-state index is -4.09. The topological polar surface area (TPSA) is 142 Å². The number of pyridine rings is 1. The second-order valence-electron chi connectivity index (χ2n) is 7.86. The zero-order chi connectivity index (χ0) is 27.9. The Hall–Kier alpha value is -4.33. The quantitative estimate of drug-likeness (QED) is 0.283. The van der Waals surface area contributed by atoms with Crippen molar-refractivity contribution in [2.45, 2.75) is 25.5 Å². The Labute approximate surface area is 220 Å². The molecule has 202 valence electrons. The first-order valence-corrected chi connectivity index (χ1v) is 12.7. The van der Waals surface area contributed by atoms with E-state index < -0.39 is 21.1 Å². The number of hydrogen-bond acceptors (Lipinski definition) is 9. The number of para-hydroxylation sites is 1. The number of amidine groups is 1. The minimum absolute atomic E-state index is 0.0500. The van der Waals surface area contributed by atoms with E-state index >= 15 is 0 Å². The van der Waals surface area contributed by atoms with Gasteiger partial charge in [-0.2, -0.15) is 0 Å². The lowest BCUT2D eigenvalue weighted by atomic mass is 10.2. The average Bonchev–Trinajstić information content (AvgIpc) is 3.32. The Morgan fingerprint density at radius 3 is 2.45 bits per heavy atom. The molecule has 0 aliphatic rings. The largest absolute Gasteiger partial charge is 0.497 e. The van der Waals surface area contributed by atoms with Crippen molar-refractivity contribution in [2.75, 3.05) is 26.1 Å². The van der Waals surface area contributed by atoms with Crippen LogP contribution in [0.2, 0.25) is 0 Å². The van der Waals surface area contributed by atoms with E-state index in [1.165, 1.54) is 45.9 Å². The van der Waals surface area contributed by atoms with E-state index in [1.54, 1.807) is 30.3 Å². The van der Waals surface area contributed by atoms with E-state index in [1.807, 2.05) is 0 Å². The van der Waals surface area contributed by atoms with Gasteiger partial charge < -0.3 is 14.2 Å². The number of allylic oxidation sites excluding steroid dienone is 1. The van der Waals surface area contributed by atoms with E-state index in [2.05, 4.69) is 36.6 Å². The molecule has 14 heteroatoms. The Bertz CT molecular complexity index is 1440. The lowest BCUT2D eigenvalue weighted by Crippen LogP contribution is -2.28. The van der Waals surface area contributed by atoms with Gasteiger partial charge in [0, 0.05) is 18.7 Å². The molecule has 1 N–H and O–H groups in total. The highest BCUT2D eigenvalue weighted by Crippen LogP contribution is 2.37. The fraction of sp³-hybridized carbons (Fsp3) is 0.292. The number of anilines is 1. The van der Waals surface area contributed by atoms with Gasteiger partial charge in [-0.25, -0.2) is 22.8 Å². The zero-order valence-electron chi connectivity index (χ0n) is 21.5. The van der Waals surface area contributed by atoms with Gasteiger partial charge in [0.2, 0.25) is 16.0 Å². The summed E-state index contributed by atoms with van der Waals surface area (Å²) in [7, 11) is 0.351. The summed E-state index contributed by atoms with van der Waals surface area (Å²) in [5, 5.41) is 7.27. The Kier molecular flexibility index (Phi) is 9.12. The molecular weight excluding hydrogens is 517 g/mol. The summed E-state index contributed by atoms with van der Waals surface area (Å²) in [5.74, 6) is 0.764. The van der Waals surface area contributed by atoms with E-state index in [0.717, 1.165) is 6.20 Å². The third-order valence-electron chi connectivity index (χ3n) is 5.29. The minimum Gasteiger partial charge on any atom is -0.497 e. The number of ether oxygens (including phenoxy) is 3. The Morgan fingerprint density at radius 2 is 1.87 bits per heavy atom. The van der Waals surface area contributed by atoms with Crippen LogP contribution in [-0.2, 0) is 10.0 Å². The fourth-order valence-corrected chi connectivity index (χ4v) is 4.31. The first-order chi connectivity index (χ1) is 18.1. The van der Waals surface area contributed by atoms with Crippen LogP contribution < -0.4 is 18.9 Å². The maximum absolute atomic E-state index is 13.3. The number of aromatic nitrogens is 4. The third kappa shape index (κ3) is 6.32. The Balaban J connectivity index is 2.15. The SMILES string of the molecule is C=N/C(C[C@@H](C)S(=O)(=O)Nc1nnc(-c2cc(OC)ccn2)n1-c1c(OC)cccc1OC)=N\C=C(/C)F. The van der Waals surface area contributed by atoms with Gasteiger partial charge in [0.25, 0.3) is 0 Å². The number of halogens is 1. The summed E-state index contributed by atoms with van der Waals surface area (Å²) < 4.78 is 60.1. The lowest BCUT2D eigenvalue weighted by molar-refractivity contribution is 0.391. The normalized spacial score (nSPS) is 13.1. The number of benzene rings is 1. The van der Waals surface area contributed by atoms with E-state index in [9.17, 15) is 12.8 Å². The molecule has 1 atom stereocenters. The van der Waals surface area contributed by atoms with Gasteiger partial charge in [0.1, 0.15) is 40.3 Å². The van der Waals surface area contributed by atoms with Crippen LogP contribution in [0.25, 0.3) is 17.2 Å². The molecule has 0 aliphatic carbocycles. The van der Waals surface area contributed by atoms with Crippen LogP contribution in [0.1, 0.15) is 20.3 Å². The van der Waals surface area contributed by atoms with Crippen molar-refractivity contribution in [3.05, 3.63) is 48.6 Å². The average molecular weight is 546 g/mol. The van der Waals surface area contributed by atoms with E-state index in [4.69, 9.17) is 14.2 Å². The van der Waals surface area contributed by atoms with Gasteiger partial charge >= 0.3 is 0 Å². The van der Waals surface area contributed by atoms with E-state index in [0.29, 0.717) is 28.6 Å². The van der Waals surface area contributed by atoms with Gasteiger partial charge in [-0.05, 0) is 38.8 Å². The van der Waals surface area contributed by atoms with Crippen molar-refractivity contribution in [1.29, 1.82) is 0 Å². The number of nitrogens with one attached hydrogen (secondary N) is 1. The molecule has 0 spiro atoms. The molecule has 0 saturated heterocycles. The molecule has 0 saturated carbocycles. The van der Waals surface area contributed by atoms with Crippen molar-refractivity contribution < 1.29 is 27.0 Å². The lowest BCUT2D eigenvalue weighted by Gasteiger charge is -2.19. The van der Waals surface area contributed by atoms with Crippen molar-refractivity contribution in [1.82, 2.24) is 19.7 Å². The molecular formula is C24H28FN7O5S. The molecule has 38 heavy (non-hydrogen) atoms. The smallest absolute Gasteiger partial charge is 0.243 e. The van der Waals surface area contributed by atoms with Crippen molar-refractivity contribution in [3.8, 4) is 34.5 Å². The van der Waals surface area contributed by atoms with Crippen LogP contribution in [0.5, 0.6) is 17.2 Å².